The molecule has 0 fully saturated rings. The van der Waals surface area contributed by atoms with E-state index >= 15 is 19.2 Å². The van der Waals surface area contributed by atoms with Gasteiger partial charge in [0.25, 0.3) is 23.6 Å². The van der Waals surface area contributed by atoms with Crippen LogP contribution in [0.3, 0.4) is 0 Å². The standard InChI is InChI=1S/C80H66N2O16/c1-39(2)51-11-9-12-52(40(3)4)75(51)81-77(91)55-35-59(95-47-23-15-43(16-24-47)31-63(83)84)69-71-61(97-49-27-19-45(20-28-49)33-65(87)88)37-57-68-58(80(94)82(79(57)93)76-53(41(5)6)13-10-14-54(76)42(7)8)38-62(98-50-29-21-46(22-30-50)34-66(89)90)72(74(68)71)70-60(36-56(78(81)92)67(55)73(69)70)96-48-25-17-44(18-26-48)32-64(85)86/h9-30,35-42H,31-34H2,1-8H3,(H,83,84)(H,85,86)(H,87,88)(H,89,90). The maximum atomic E-state index is 16.4. The summed E-state index contributed by atoms with van der Waals surface area (Å²) in [4.78, 5) is 116. The average molecular weight is 1310 g/mol. The van der Waals surface area contributed by atoms with Gasteiger partial charge in [-0.25, -0.2) is 9.80 Å². The second-order valence-corrected chi connectivity index (χ2v) is 26.0. The molecule has 98 heavy (non-hydrogen) atoms. The molecule has 2 heterocycles. The van der Waals surface area contributed by atoms with Crippen molar-refractivity contribution in [1.29, 1.82) is 0 Å². The quantitative estimate of drug-likeness (QED) is 0.0279. The first kappa shape index (κ1) is 64.8. The number of hydrogen-bond donors (Lipinski definition) is 4. The molecule has 4 N–H and O–H groups in total. The summed E-state index contributed by atoms with van der Waals surface area (Å²) in [5.41, 5.74) is 5.41. The van der Waals surface area contributed by atoms with Gasteiger partial charge in [-0.05, 0) is 141 Å². The summed E-state index contributed by atoms with van der Waals surface area (Å²) in [7, 11) is 0. The Kier molecular flexibility index (Phi) is 16.7. The Balaban J connectivity index is 1.25. The number of imide groups is 2. The first-order valence-corrected chi connectivity index (χ1v) is 32.2. The number of fused-ring (bicyclic) bond motifs is 2. The summed E-state index contributed by atoms with van der Waals surface area (Å²) in [5, 5.41) is 40.7. The van der Waals surface area contributed by atoms with Crippen LogP contribution in [-0.4, -0.2) is 67.9 Å². The molecular weight excluding hydrogens is 1240 g/mol. The number of carboxylic acids is 4. The highest BCUT2D eigenvalue weighted by molar-refractivity contribution is 6.48. The van der Waals surface area contributed by atoms with Crippen molar-refractivity contribution in [2.24, 2.45) is 0 Å². The molecule has 13 rings (SSSR count). The third kappa shape index (κ3) is 11.6. The van der Waals surface area contributed by atoms with Crippen molar-refractivity contribution in [3.63, 3.8) is 0 Å². The van der Waals surface area contributed by atoms with E-state index in [2.05, 4.69) is 0 Å². The van der Waals surface area contributed by atoms with Crippen LogP contribution < -0.4 is 28.7 Å². The number of benzene rings is 11. The highest BCUT2D eigenvalue weighted by atomic mass is 16.5. The van der Waals surface area contributed by atoms with Gasteiger partial charge in [0.15, 0.2) is 0 Å². The minimum absolute atomic E-state index is 0.00253. The predicted octanol–water partition coefficient (Wildman–Crippen LogP) is 17.5. The van der Waals surface area contributed by atoms with Gasteiger partial charge in [0.1, 0.15) is 46.0 Å². The van der Waals surface area contributed by atoms with Crippen LogP contribution >= 0.6 is 0 Å². The molecule has 18 nitrogen and oxygen atoms in total. The number of aliphatic carboxylic acids is 4. The van der Waals surface area contributed by atoms with Crippen LogP contribution in [0, 0.1) is 0 Å². The van der Waals surface area contributed by atoms with Crippen LogP contribution in [-0.2, 0) is 44.9 Å². The highest BCUT2D eigenvalue weighted by Gasteiger charge is 2.44. The fourth-order valence-corrected chi connectivity index (χ4v) is 13.7. The number of carboxylic acid groups (broad SMARTS) is 4. The van der Waals surface area contributed by atoms with Crippen LogP contribution in [0.15, 0.2) is 158 Å². The molecule has 0 aromatic heterocycles. The van der Waals surface area contributed by atoms with E-state index in [0.717, 1.165) is 0 Å². The van der Waals surface area contributed by atoms with Crippen molar-refractivity contribution < 1.29 is 77.7 Å². The van der Waals surface area contributed by atoms with Crippen LogP contribution in [0.5, 0.6) is 46.0 Å². The van der Waals surface area contributed by atoms with Crippen LogP contribution in [0.2, 0.25) is 0 Å². The van der Waals surface area contributed by atoms with Gasteiger partial charge < -0.3 is 39.4 Å². The Morgan fingerprint density at radius 2 is 0.510 bits per heavy atom. The second kappa shape index (κ2) is 25.3. The molecule has 0 bridgehead atoms. The Bertz CT molecular complexity index is 4560. The Morgan fingerprint density at radius 3 is 0.694 bits per heavy atom. The lowest BCUT2D eigenvalue weighted by molar-refractivity contribution is -0.137. The van der Waals surface area contributed by atoms with Crippen LogP contribution in [0.1, 0.15) is 165 Å². The second-order valence-electron chi connectivity index (χ2n) is 26.0. The Labute approximate surface area is 562 Å². The molecule has 0 unspecified atom stereocenters. The SMILES string of the molecule is CC(C)c1cccc(C(C)C)c1N1C(=O)c2cc(Oc3ccc(CC(=O)O)cc3)c3c4c(Oc5ccc(CC(=O)O)cc5)cc5c6c(cc(Oc7ccc(CC(=O)O)cc7)c(c7c(Oc8ccc(CC(=O)O)cc8)cc(c2c37)C1=O)c64)C(=O)N(c1c(C(C)C)cccc1C(C)C)C5=O. The maximum Gasteiger partial charge on any atom is 0.307 e. The first-order valence-electron chi connectivity index (χ1n) is 32.2. The van der Waals surface area contributed by atoms with Crippen LogP contribution in [0.25, 0.3) is 43.1 Å². The lowest BCUT2D eigenvalue weighted by Crippen LogP contribution is -2.42. The van der Waals surface area contributed by atoms with Crippen molar-refractivity contribution in [1.82, 2.24) is 0 Å². The molecule has 2 aliphatic heterocycles. The minimum atomic E-state index is -1.07. The molecule has 0 aliphatic carbocycles. The van der Waals surface area contributed by atoms with Crippen molar-refractivity contribution in [3.8, 4) is 46.0 Å². The highest BCUT2D eigenvalue weighted by Crippen LogP contribution is 2.59. The topological polar surface area (TPSA) is 261 Å². The molecule has 0 saturated heterocycles. The number of hydrogen-bond acceptors (Lipinski definition) is 12. The summed E-state index contributed by atoms with van der Waals surface area (Å²) in [6.07, 6.45) is -1.25. The number of anilines is 2. The molecule has 0 spiro atoms. The van der Waals surface area contributed by atoms with E-state index in [-0.39, 0.29) is 161 Å². The van der Waals surface area contributed by atoms with Gasteiger partial charge in [0.05, 0.1) is 59.3 Å². The minimum Gasteiger partial charge on any atom is -0.481 e. The molecule has 11 aromatic rings. The Hall–Kier alpha value is -11.9. The summed E-state index contributed by atoms with van der Waals surface area (Å²) in [6.45, 7) is 15.8. The number of nitrogens with zero attached hydrogens (tertiary/aromatic N) is 2. The van der Waals surface area contributed by atoms with E-state index in [4.69, 9.17) is 18.9 Å². The van der Waals surface area contributed by atoms with Gasteiger partial charge in [0.2, 0.25) is 0 Å². The van der Waals surface area contributed by atoms with Crippen molar-refractivity contribution in [2.75, 3.05) is 9.80 Å². The van der Waals surface area contributed by atoms with E-state index in [9.17, 15) is 39.6 Å². The smallest absolute Gasteiger partial charge is 0.307 e. The zero-order chi connectivity index (χ0) is 69.4. The number of carbonyl (C=O) groups is 8. The van der Waals surface area contributed by atoms with E-state index in [1.54, 1.807) is 121 Å². The normalized spacial score (nSPS) is 13.0. The van der Waals surface area contributed by atoms with Gasteiger partial charge in [-0.1, -0.05) is 140 Å². The fourth-order valence-electron chi connectivity index (χ4n) is 13.7. The molecular formula is C80H66N2O16. The van der Waals surface area contributed by atoms with E-state index in [0.29, 0.717) is 55.9 Å². The summed E-state index contributed by atoms with van der Waals surface area (Å²) in [6, 6.07) is 42.8. The molecule has 11 aromatic carbocycles. The lowest BCUT2D eigenvalue weighted by Gasteiger charge is -2.35. The fraction of sp³-hybridized carbons (Fsp3) is 0.200. The molecule has 2 aliphatic rings. The number of rotatable bonds is 22. The van der Waals surface area contributed by atoms with E-state index < -0.39 is 47.5 Å². The van der Waals surface area contributed by atoms with Crippen molar-refractivity contribution in [3.05, 3.63) is 224 Å². The average Bonchev–Trinajstić information content (AvgIpc) is 0.671. The molecule has 0 atom stereocenters. The number of amides is 4. The van der Waals surface area contributed by atoms with E-state index in [1.807, 2.05) is 91.8 Å². The van der Waals surface area contributed by atoms with Gasteiger partial charge in [-0.2, -0.15) is 0 Å². The van der Waals surface area contributed by atoms with Gasteiger partial charge in [0, 0.05) is 43.1 Å². The third-order valence-electron chi connectivity index (χ3n) is 18.1. The van der Waals surface area contributed by atoms with Crippen LogP contribution in [0.4, 0.5) is 11.4 Å². The maximum absolute atomic E-state index is 16.4. The molecule has 18 heteroatoms. The zero-order valence-electron chi connectivity index (χ0n) is 54.7. The lowest BCUT2D eigenvalue weighted by atomic mass is 9.80. The molecule has 492 valence electrons. The summed E-state index contributed by atoms with van der Waals surface area (Å²) in [5.74, 6) is -7.32. The zero-order valence-corrected chi connectivity index (χ0v) is 54.7. The number of ether oxygens (including phenoxy) is 4. The largest absolute Gasteiger partial charge is 0.481 e. The summed E-state index contributed by atoms with van der Waals surface area (Å²) >= 11 is 0. The molecule has 0 radical (unpaired) electrons. The van der Waals surface area contributed by atoms with Crippen molar-refractivity contribution in [2.45, 2.75) is 105 Å². The number of para-hydroxylation sites is 2. The monoisotopic (exact) mass is 1310 g/mol. The molecule has 0 saturated carbocycles. The van der Waals surface area contributed by atoms with Gasteiger partial charge >= 0.3 is 23.9 Å². The van der Waals surface area contributed by atoms with Gasteiger partial charge in [-0.15, -0.1) is 0 Å². The van der Waals surface area contributed by atoms with Crippen molar-refractivity contribution >= 4 is 102 Å². The Morgan fingerprint density at radius 1 is 0.306 bits per heavy atom. The third-order valence-corrected chi connectivity index (χ3v) is 18.1. The van der Waals surface area contributed by atoms with Gasteiger partial charge in [-0.3, -0.25) is 38.4 Å². The number of carbonyl (C=O) groups excluding carboxylic acids is 4. The first-order chi connectivity index (χ1) is 46.8. The van der Waals surface area contributed by atoms with E-state index in [1.165, 1.54) is 9.80 Å². The predicted molar refractivity (Wildman–Crippen MR) is 371 cm³/mol. The summed E-state index contributed by atoms with van der Waals surface area (Å²) < 4.78 is 28.6. The molecule has 4 amide bonds.